The molecule has 0 bridgehead atoms. The molecule has 0 N–H and O–H groups in total. The van der Waals surface area contributed by atoms with E-state index in [2.05, 4.69) is 10.1 Å². The molecule has 3 aromatic carbocycles. The number of para-hydroxylation sites is 3. The van der Waals surface area contributed by atoms with Gasteiger partial charge < -0.3 is 0 Å². The van der Waals surface area contributed by atoms with E-state index in [1.165, 1.54) is 15.6 Å². The van der Waals surface area contributed by atoms with E-state index in [-0.39, 0.29) is 5.56 Å². The van der Waals surface area contributed by atoms with Gasteiger partial charge in [-0.2, -0.15) is 9.78 Å². The van der Waals surface area contributed by atoms with Gasteiger partial charge in [0.1, 0.15) is 17.2 Å². The summed E-state index contributed by atoms with van der Waals surface area (Å²) in [5.41, 5.74) is 3.77. The molecule has 164 valence electrons. The van der Waals surface area contributed by atoms with Crippen LogP contribution in [0.3, 0.4) is 0 Å². The van der Waals surface area contributed by atoms with Crippen molar-refractivity contribution in [3.8, 4) is 5.69 Å². The highest BCUT2D eigenvalue weighted by Crippen LogP contribution is 2.26. The van der Waals surface area contributed by atoms with Gasteiger partial charge in [0.05, 0.1) is 33.0 Å². The first-order valence-electron chi connectivity index (χ1n) is 10.3. The normalized spacial score (nSPS) is 11.8. The van der Waals surface area contributed by atoms with Crippen LogP contribution in [0.2, 0.25) is 10.0 Å². The molecule has 3 heterocycles. The maximum Gasteiger partial charge on any atom is 0.269 e. The summed E-state index contributed by atoms with van der Waals surface area (Å²) < 4.78 is 3.02. The Morgan fingerprint density at radius 1 is 0.824 bits per heavy atom. The van der Waals surface area contributed by atoms with E-state index < -0.39 is 0 Å². The van der Waals surface area contributed by atoms with Gasteiger partial charge in [-0.1, -0.05) is 59.6 Å². The molecule has 0 aliphatic heterocycles. The zero-order valence-electron chi connectivity index (χ0n) is 17.4. The minimum atomic E-state index is -0.255. The average Bonchev–Trinajstić information content (AvgIpc) is 3.17. The predicted molar refractivity (Wildman–Crippen MR) is 135 cm³/mol. The van der Waals surface area contributed by atoms with Gasteiger partial charge in [-0.25, -0.2) is 15.0 Å². The summed E-state index contributed by atoms with van der Waals surface area (Å²) in [6, 6.07) is 22.0. The third-order valence-corrected chi connectivity index (χ3v) is 6.18. The second-order valence-electron chi connectivity index (χ2n) is 7.57. The van der Waals surface area contributed by atoms with Crippen LogP contribution in [-0.4, -0.2) is 30.4 Å². The van der Waals surface area contributed by atoms with Gasteiger partial charge >= 0.3 is 0 Å². The Morgan fingerprint density at radius 3 is 2.32 bits per heavy atom. The van der Waals surface area contributed by atoms with Crippen LogP contribution < -0.4 is 5.56 Å². The minimum Gasteiger partial charge on any atom is -0.268 e. The van der Waals surface area contributed by atoms with Crippen molar-refractivity contribution in [1.29, 1.82) is 0 Å². The first kappa shape index (κ1) is 20.5. The second kappa shape index (κ2) is 8.06. The number of hydrogen-bond acceptors (Lipinski definition) is 5. The van der Waals surface area contributed by atoms with E-state index >= 15 is 0 Å². The molecular formula is C25H14Cl2N6O. The van der Waals surface area contributed by atoms with Crippen molar-refractivity contribution in [1.82, 2.24) is 24.2 Å². The molecule has 3 aromatic heterocycles. The first-order valence-corrected chi connectivity index (χ1v) is 11.1. The molecule has 0 spiro atoms. The van der Waals surface area contributed by atoms with Crippen LogP contribution in [0.5, 0.6) is 0 Å². The van der Waals surface area contributed by atoms with Gasteiger partial charge in [-0.15, -0.1) is 0 Å². The fraction of sp³-hybridized carbons (Fsp3) is 0. The van der Waals surface area contributed by atoms with Crippen molar-refractivity contribution in [2.75, 3.05) is 0 Å². The van der Waals surface area contributed by atoms with Gasteiger partial charge in [0.2, 0.25) is 0 Å². The molecule has 9 heteroatoms. The lowest BCUT2D eigenvalue weighted by molar-refractivity contribution is 0.906. The van der Waals surface area contributed by atoms with E-state index in [9.17, 15) is 4.79 Å². The highest BCUT2D eigenvalue weighted by molar-refractivity contribution is 6.42. The van der Waals surface area contributed by atoms with Crippen molar-refractivity contribution >= 4 is 62.6 Å². The molecule has 0 radical (unpaired) electrons. The summed E-state index contributed by atoms with van der Waals surface area (Å²) in [4.78, 5) is 27.7. The van der Waals surface area contributed by atoms with Crippen LogP contribution in [-0.2, 0) is 0 Å². The summed E-state index contributed by atoms with van der Waals surface area (Å²) in [6.07, 6.45) is 3.10. The fourth-order valence-corrected chi connectivity index (χ4v) is 4.13. The van der Waals surface area contributed by atoms with Crippen LogP contribution in [0.15, 0.2) is 89.0 Å². The molecule has 0 unspecified atom stereocenters. The van der Waals surface area contributed by atoms with Crippen molar-refractivity contribution in [2.45, 2.75) is 0 Å². The van der Waals surface area contributed by atoms with Gasteiger partial charge in [0.15, 0.2) is 11.3 Å². The smallest absolute Gasteiger partial charge is 0.268 e. The van der Waals surface area contributed by atoms with Crippen LogP contribution >= 0.6 is 23.2 Å². The Bertz CT molecular complexity index is 1810. The molecular weight excluding hydrogens is 471 g/mol. The van der Waals surface area contributed by atoms with Crippen molar-refractivity contribution in [3.63, 3.8) is 0 Å². The summed E-state index contributed by atoms with van der Waals surface area (Å²) >= 11 is 12.2. The van der Waals surface area contributed by atoms with E-state index in [1.807, 2.05) is 54.6 Å². The van der Waals surface area contributed by atoms with E-state index in [1.54, 1.807) is 24.4 Å². The maximum absolute atomic E-state index is 13.6. The van der Waals surface area contributed by atoms with Crippen molar-refractivity contribution in [3.05, 3.63) is 105 Å². The Labute approximate surface area is 202 Å². The third-order valence-electron chi connectivity index (χ3n) is 5.44. The Morgan fingerprint density at radius 2 is 1.56 bits per heavy atom. The zero-order chi connectivity index (χ0) is 23.2. The highest BCUT2D eigenvalue weighted by atomic mass is 35.5. The molecule has 0 fully saturated rings. The number of fused-ring (bicyclic) bond motifs is 4. The zero-order valence-corrected chi connectivity index (χ0v) is 18.9. The van der Waals surface area contributed by atoms with Crippen LogP contribution in [0.1, 0.15) is 5.56 Å². The SMILES string of the molecule is O=c1c2c3nc4ccccc4nc3n(N=Cc3ccc(Cl)c(Cl)c3)c2ncn1-c1ccccc1. The fourth-order valence-electron chi connectivity index (χ4n) is 3.82. The number of benzene rings is 3. The largest absolute Gasteiger partial charge is 0.269 e. The first-order chi connectivity index (χ1) is 16.6. The number of nitrogens with zero attached hydrogens (tertiary/aromatic N) is 6. The molecule has 7 nitrogen and oxygen atoms in total. The summed E-state index contributed by atoms with van der Waals surface area (Å²) in [6.45, 7) is 0. The highest BCUT2D eigenvalue weighted by Gasteiger charge is 2.20. The molecule has 0 aliphatic carbocycles. The van der Waals surface area contributed by atoms with Gasteiger partial charge in [0.25, 0.3) is 5.56 Å². The van der Waals surface area contributed by atoms with E-state index in [4.69, 9.17) is 33.2 Å². The van der Waals surface area contributed by atoms with Gasteiger partial charge in [-0.05, 0) is 42.0 Å². The molecule has 6 aromatic rings. The predicted octanol–water partition coefficient (Wildman–Crippen LogP) is 5.47. The Hall–Kier alpha value is -4.07. The number of aromatic nitrogens is 5. The Kier molecular flexibility index (Phi) is 4.86. The molecule has 6 rings (SSSR count). The lowest BCUT2D eigenvalue weighted by atomic mass is 10.2. The lowest BCUT2D eigenvalue weighted by Crippen LogP contribution is -2.18. The van der Waals surface area contributed by atoms with Crippen LogP contribution in [0.4, 0.5) is 0 Å². The quantitative estimate of drug-likeness (QED) is 0.312. The molecule has 34 heavy (non-hydrogen) atoms. The average molecular weight is 485 g/mol. The standard InChI is InChI=1S/C25H14Cl2N6O/c26-17-11-10-15(12-18(17)27)13-29-33-23-21(22-24(33)31-20-9-5-4-8-19(20)30-22)25(34)32(14-28-23)16-6-2-1-3-7-16/h1-14H. The molecule has 0 aliphatic rings. The number of rotatable bonds is 3. The number of hydrogen-bond donors (Lipinski definition) is 0. The Balaban J connectivity index is 1.66. The van der Waals surface area contributed by atoms with Crippen molar-refractivity contribution < 1.29 is 0 Å². The minimum absolute atomic E-state index is 0.255. The maximum atomic E-state index is 13.6. The summed E-state index contributed by atoms with van der Waals surface area (Å²) in [5.74, 6) is 0. The topological polar surface area (TPSA) is 78.0 Å². The number of halogens is 2. The van der Waals surface area contributed by atoms with E-state index in [0.717, 1.165) is 5.56 Å². The van der Waals surface area contributed by atoms with Gasteiger partial charge in [0, 0.05) is 0 Å². The lowest BCUT2D eigenvalue weighted by Gasteiger charge is -2.05. The van der Waals surface area contributed by atoms with Crippen LogP contribution in [0, 0.1) is 0 Å². The summed E-state index contributed by atoms with van der Waals surface area (Å²) in [5, 5.41) is 5.80. The monoisotopic (exact) mass is 484 g/mol. The molecule has 0 saturated carbocycles. The molecule has 0 saturated heterocycles. The third kappa shape index (κ3) is 3.34. The summed E-state index contributed by atoms with van der Waals surface area (Å²) in [7, 11) is 0. The molecule has 0 atom stereocenters. The van der Waals surface area contributed by atoms with Crippen LogP contribution in [0.25, 0.3) is 38.9 Å². The van der Waals surface area contributed by atoms with E-state index in [0.29, 0.717) is 49.0 Å². The molecule has 0 amide bonds. The van der Waals surface area contributed by atoms with Crippen molar-refractivity contribution in [2.24, 2.45) is 5.10 Å². The van der Waals surface area contributed by atoms with Gasteiger partial charge in [-0.3, -0.25) is 9.36 Å². The second-order valence-corrected chi connectivity index (χ2v) is 8.38.